The average Bonchev–Trinajstić information content (AvgIpc) is 3.08. The van der Waals surface area contributed by atoms with Crippen molar-refractivity contribution in [2.24, 2.45) is 0 Å². The fourth-order valence-corrected chi connectivity index (χ4v) is 3.75. The van der Waals surface area contributed by atoms with E-state index in [0.29, 0.717) is 5.82 Å². The molecule has 0 amide bonds. The molecule has 0 radical (unpaired) electrons. The minimum Gasteiger partial charge on any atom is -0.469 e. The first-order valence-corrected chi connectivity index (χ1v) is 8.00. The lowest BCUT2D eigenvalue weighted by Crippen LogP contribution is -2.21. The van der Waals surface area contributed by atoms with Crippen LogP contribution >= 0.6 is 11.3 Å². The van der Waals surface area contributed by atoms with E-state index in [1.807, 2.05) is 0 Å². The molecule has 0 atom stereocenters. The highest BCUT2D eigenvalue weighted by Crippen LogP contribution is 2.36. The molecule has 1 fully saturated rings. The Hall–Kier alpha value is -1.69. The predicted octanol–water partition coefficient (Wildman–Crippen LogP) is 2.62. The summed E-state index contributed by atoms with van der Waals surface area (Å²) >= 11 is 1.67. The second-order valence-corrected chi connectivity index (χ2v) is 6.58. The van der Waals surface area contributed by atoms with Crippen LogP contribution < -0.4 is 4.90 Å². The van der Waals surface area contributed by atoms with Crippen LogP contribution in [0.5, 0.6) is 0 Å². The summed E-state index contributed by atoms with van der Waals surface area (Å²) in [6.45, 7) is 6.28. The number of nitrogens with zero attached hydrogens (tertiary/aromatic N) is 3. The molecule has 0 unspecified atom stereocenters. The summed E-state index contributed by atoms with van der Waals surface area (Å²) in [5, 5.41) is 1.15. The van der Waals surface area contributed by atoms with E-state index in [2.05, 4.69) is 28.7 Å². The number of anilines is 1. The largest absolute Gasteiger partial charge is 0.469 e. The summed E-state index contributed by atoms with van der Waals surface area (Å²) in [5.74, 6) is 1.24. The summed E-state index contributed by atoms with van der Waals surface area (Å²) in [6.07, 6.45) is 2.52. The van der Waals surface area contributed by atoms with Gasteiger partial charge in [0.25, 0.3) is 0 Å². The SMILES string of the molecule is COC(=O)Cc1nc(N2CCCC2)c2c(C)c(C)sc2n1. The lowest BCUT2D eigenvalue weighted by atomic mass is 10.2. The third-order valence-electron chi connectivity index (χ3n) is 3.99. The number of carbonyl (C=O) groups is 1. The number of carbonyl (C=O) groups excluding carboxylic acids is 1. The van der Waals surface area contributed by atoms with Crippen LogP contribution in [0, 0.1) is 13.8 Å². The number of esters is 1. The first-order valence-electron chi connectivity index (χ1n) is 7.18. The zero-order valence-electron chi connectivity index (χ0n) is 12.6. The van der Waals surface area contributed by atoms with E-state index < -0.39 is 0 Å². The molecule has 0 spiro atoms. The van der Waals surface area contributed by atoms with Crippen LogP contribution in [0.2, 0.25) is 0 Å². The Labute approximate surface area is 128 Å². The predicted molar refractivity (Wildman–Crippen MR) is 84.1 cm³/mol. The summed E-state index contributed by atoms with van der Waals surface area (Å²) < 4.78 is 4.73. The Kier molecular flexibility index (Phi) is 3.80. The maximum absolute atomic E-state index is 11.5. The van der Waals surface area contributed by atoms with E-state index in [-0.39, 0.29) is 12.4 Å². The number of hydrogen-bond donors (Lipinski definition) is 0. The highest BCUT2D eigenvalue weighted by Gasteiger charge is 2.22. The normalized spacial score (nSPS) is 14.9. The molecule has 0 bridgehead atoms. The van der Waals surface area contributed by atoms with Gasteiger partial charge in [0.2, 0.25) is 0 Å². The van der Waals surface area contributed by atoms with Gasteiger partial charge in [-0.2, -0.15) is 0 Å². The molecule has 0 aromatic carbocycles. The minimum absolute atomic E-state index is 0.128. The maximum Gasteiger partial charge on any atom is 0.313 e. The number of rotatable bonds is 3. The number of aromatic nitrogens is 2. The molecule has 2 aromatic heterocycles. The quantitative estimate of drug-likeness (QED) is 0.816. The molecule has 0 saturated carbocycles. The van der Waals surface area contributed by atoms with E-state index in [0.717, 1.165) is 29.1 Å². The molecule has 3 heterocycles. The van der Waals surface area contributed by atoms with Gasteiger partial charge in [0.15, 0.2) is 0 Å². The van der Waals surface area contributed by atoms with Gasteiger partial charge in [-0.3, -0.25) is 4.79 Å². The Balaban J connectivity index is 2.13. The van der Waals surface area contributed by atoms with Crippen LogP contribution in [0.25, 0.3) is 10.2 Å². The van der Waals surface area contributed by atoms with Crippen molar-refractivity contribution in [3.8, 4) is 0 Å². The monoisotopic (exact) mass is 305 g/mol. The first-order chi connectivity index (χ1) is 10.1. The van der Waals surface area contributed by atoms with Crippen molar-refractivity contribution in [1.82, 2.24) is 9.97 Å². The van der Waals surface area contributed by atoms with Crippen molar-refractivity contribution < 1.29 is 9.53 Å². The molecule has 1 aliphatic heterocycles. The van der Waals surface area contributed by atoms with Crippen molar-refractivity contribution >= 4 is 33.3 Å². The average molecular weight is 305 g/mol. The van der Waals surface area contributed by atoms with Crippen molar-refractivity contribution in [1.29, 1.82) is 0 Å². The molecular formula is C15H19N3O2S. The summed E-state index contributed by atoms with van der Waals surface area (Å²) in [4.78, 5) is 25.3. The van der Waals surface area contributed by atoms with Gasteiger partial charge in [-0.15, -0.1) is 11.3 Å². The van der Waals surface area contributed by atoms with Gasteiger partial charge in [0.05, 0.1) is 12.5 Å². The minimum atomic E-state index is -0.299. The molecule has 0 aliphatic carbocycles. The standard InChI is InChI=1S/C15H19N3O2S/c1-9-10(2)21-15-13(9)14(18-6-4-5-7-18)16-11(17-15)8-12(19)20-3/h4-8H2,1-3H3. The van der Waals surface area contributed by atoms with E-state index >= 15 is 0 Å². The molecule has 21 heavy (non-hydrogen) atoms. The van der Waals surface area contributed by atoms with Crippen LogP contribution in [0.15, 0.2) is 0 Å². The fourth-order valence-electron chi connectivity index (χ4n) is 2.71. The zero-order chi connectivity index (χ0) is 15.0. The topological polar surface area (TPSA) is 55.3 Å². The molecule has 1 saturated heterocycles. The highest BCUT2D eigenvalue weighted by molar-refractivity contribution is 7.18. The van der Waals surface area contributed by atoms with Crippen molar-refractivity contribution in [2.45, 2.75) is 33.1 Å². The van der Waals surface area contributed by atoms with E-state index in [4.69, 9.17) is 4.74 Å². The second-order valence-electron chi connectivity index (χ2n) is 5.37. The van der Waals surface area contributed by atoms with Gasteiger partial charge in [-0.25, -0.2) is 9.97 Å². The van der Waals surface area contributed by atoms with Crippen LogP contribution in [0.1, 0.15) is 29.1 Å². The van der Waals surface area contributed by atoms with E-state index in [1.54, 1.807) is 11.3 Å². The molecule has 5 nitrogen and oxygen atoms in total. The number of ether oxygens (including phenoxy) is 1. The molecule has 6 heteroatoms. The van der Waals surface area contributed by atoms with Crippen molar-refractivity contribution in [3.63, 3.8) is 0 Å². The Morgan fingerprint density at radius 2 is 2.00 bits per heavy atom. The van der Waals surface area contributed by atoms with Crippen LogP contribution in [0.3, 0.4) is 0 Å². The number of fused-ring (bicyclic) bond motifs is 1. The number of hydrogen-bond acceptors (Lipinski definition) is 6. The summed E-state index contributed by atoms with van der Waals surface area (Å²) in [6, 6.07) is 0. The third-order valence-corrected chi connectivity index (χ3v) is 5.09. The van der Waals surface area contributed by atoms with Gasteiger partial charge in [-0.1, -0.05) is 0 Å². The van der Waals surface area contributed by atoms with E-state index in [9.17, 15) is 4.79 Å². The zero-order valence-corrected chi connectivity index (χ0v) is 13.4. The molecule has 0 N–H and O–H groups in total. The smallest absolute Gasteiger partial charge is 0.313 e. The third kappa shape index (κ3) is 2.60. The van der Waals surface area contributed by atoms with Crippen molar-refractivity contribution in [3.05, 3.63) is 16.3 Å². The van der Waals surface area contributed by atoms with Crippen LogP contribution in [-0.4, -0.2) is 36.1 Å². The van der Waals surface area contributed by atoms with Crippen molar-refractivity contribution in [2.75, 3.05) is 25.1 Å². The van der Waals surface area contributed by atoms with Gasteiger partial charge < -0.3 is 9.64 Å². The number of aryl methyl sites for hydroxylation is 2. The Morgan fingerprint density at radius 1 is 1.29 bits per heavy atom. The fraction of sp³-hybridized carbons (Fsp3) is 0.533. The molecule has 2 aromatic rings. The van der Waals surface area contributed by atoms with Gasteiger partial charge in [0, 0.05) is 18.0 Å². The molecule has 1 aliphatic rings. The van der Waals surface area contributed by atoms with Gasteiger partial charge in [-0.05, 0) is 32.3 Å². The Bertz CT molecular complexity index is 690. The molecule has 112 valence electrons. The first kappa shape index (κ1) is 14.3. The lowest BCUT2D eigenvalue weighted by Gasteiger charge is -2.18. The Morgan fingerprint density at radius 3 is 2.67 bits per heavy atom. The summed E-state index contributed by atoms with van der Waals surface area (Å²) in [7, 11) is 1.39. The lowest BCUT2D eigenvalue weighted by molar-refractivity contribution is -0.139. The second kappa shape index (κ2) is 5.60. The number of thiophene rings is 1. The van der Waals surface area contributed by atoms with Gasteiger partial charge in [0.1, 0.15) is 22.9 Å². The van der Waals surface area contributed by atoms with Crippen LogP contribution in [-0.2, 0) is 16.0 Å². The molecular weight excluding hydrogens is 286 g/mol. The van der Waals surface area contributed by atoms with E-state index in [1.165, 1.54) is 30.4 Å². The van der Waals surface area contributed by atoms with Gasteiger partial charge >= 0.3 is 5.97 Å². The highest BCUT2D eigenvalue weighted by atomic mass is 32.1. The number of methoxy groups -OCH3 is 1. The van der Waals surface area contributed by atoms with Crippen LogP contribution in [0.4, 0.5) is 5.82 Å². The molecule has 3 rings (SSSR count). The maximum atomic E-state index is 11.5. The summed E-state index contributed by atoms with van der Waals surface area (Å²) in [5.41, 5.74) is 1.25.